The van der Waals surface area contributed by atoms with Gasteiger partial charge in [0.2, 0.25) is 15.9 Å². The van der Waals surface area contributed by atoms with Crippen LogP contribution in [-0.4, -0.2) is 48.0 Å². The molecule has 0 radical (unpaired) electrons. The van der Waals surface area contributed by atoms with Crippen LogP contribution in [0, 0.1) is 5.82 Å². The highest BCUT2D eigenvalue weighted by atomic mass is 32.2. The number of aromatic nitrogens is 4. The van der Waals surface area contributed by atoms with E-state index in [4.69, 9.17) is 9.47 Å². The van der Waals surface area contributed by atoms with Crippen molar-refractivity contribution in [2.75, 3.05) is 19.8 Å². The first-order chi connectivity index (χ1) is 16.5. The van der Waals surface area contributed by atoms with Crippen molar-refractivity contribution in [2.45, 2.75) is 24.7 Å². The van der Waals surface area contributed by atoms with Gasteiger partial charge >= 0.3 is 0 Å². The number of sulfonamides is 1. The molecule has 0 saturated carbocycles. The summed E-state index contributed by atoms with van der Waals surface area (Å²) in [4.78, 5) is 0.142. The number of rotatable bonds is 11. The van der Waals surface area contributed by atoms with E-state index in [-0.39, 0.29) is 29.7 Å². The van der Waals surface area contributed by atoms with Gasteiger partial charge in [0.15, 0.2) is 11.5 Å². The first kappa shape index (κ1) is 23.6. The highest BCUT2D eigenvalue weighted by molar-refractivity contribution is 7.89. The number of unbranched alkanes of at least 4 members (excludes halogenated alkanes) is 1. The lowest BCUT2D eigenvalue weighted by molar-refractivity contribution is 0.305. The summed E-state index contributed by atoms with van der Waals surface area (Å²) in [5.41, 5.74) is 1.14. The van der Waals surface area contributed by atoms with Gasteiger partial charge in [-0.1, -0.05) is 13.3 Å². The summed E-state index contributed by atoms with van der Waals surface area (Å²) in [7, 11) is -3.69. The van der Waals surface area contributed by atoms with Crippen LogP contribution in [0.4, 0.5) is 4.39 Å². The summed E-state index contributed by atoms with van der Waals surface area (Å²) in [5, 5.41) is 12.5. The predicted octanol–water partition coefficient (Wildman–Crippen LogP) is 3.47. The third-order valence-corrected chi connectivity index (χ3v) is 6.36. The van der Waals surface area contributed by atoms with Crippen LogP contribution in [0.3, 0.4) is 0 Å². The monoisotopic (exact) mass is 485 g/mol. The molecule has 9 nitrogen and oxygen atoms in total. The first-order valence-corrected chi connectivity index (χ1v) is 12.3. The van der Waals surface area contributed by atoms with Crippen LogP contribution in [0.5, 0.6) is 11.6 Å². The van der Waals surface area contributed by atoms with Crippen LogP contribution in [-0.2, 0) is 10.0 Å². The lowest BCUT2D eigenvalue weighted by Gasteiger charge is -2.10. The second-order valence-electron chi connectivity index (χ2n) is 7.39. The molecule has 0 fully saturated rings. The van der Waals surface area contributed by atoms with Crippen LogP contribution < -0.4 is 14.2 Å². The minimum atomic E-state index is -3.69. The molecule has 0 aliphatic carbocycles. The fraction of sp³-hybridized carbons (Fsp3) is 0.261. The maximum atomic E-state index is 13.2. The molecule has 0 aliphatic heterocycles. The van der Waals surface area contributed by atoms with Gasteiger partial charge in [-0.05, 0) is 61.0 Å². The van der Waals surface area contributed by atoms with Gasteiger partial charge in [-0.25, -0.2) is 17.5 Å². The minimum absolute atomic E-state index is 0.0454. The highest BCUT2D eigenvalue weighted by Crippen LogP contribution is 2.20. The Morgan fingerprint density at radius 3 is 2.44 bits per heavy atom. The standard InChI is InChI=1S/C23H24FN5O4S/c1-2-3-15-32-19-8-10-20(11-9-19)34(30,31)25-14-16-33-22-13-12-21-26-27-23(29(21)28-22)17-4-6-18(24)7-5-17/h4-13,25H,2-3,14-16H2,1H3. The number of benzene rings is 2. The molecule has 0 aliphatic rings. The van der Waals surface area contributed by atoms with Gasteiger partial charge in [-0.3, -0.25) is 0 Å². The average Bonchev–Trinajstić information content (AvgIpc) is 3.26. The van der Waals surface area contributed by atoms with Crippen LogP contribution in [0.25, 0.3) is 17.0 Å². The number of hydrogen-bond donors (Lipinski definition) is 1. The average molecular weight is 486 g/mol. The van der Waals surface area contributed by atoms with Gasteiger partial charge < -0.3 is 9.47 Å². The maximum Gasteiger partial charge on any atom is 0.240 e. The summed E-state index contributed by atoms with van der Waals surface area (Å²) < 4.78 is 53.4. The number of fused-ring (bicyclic) bond motifs is 1. The van der Waals surface area contributed by atoms with E-state index in [1.54, 1.807) is 36.4 Å². The number of ether oxygens (including phenoxy) is 2. The molecule has 2 aromatic carbocycles. The SMILES string of the molecule is CCCCOc1ccc(S(=O)(=O)NCCOc2ccc3nnc(-c4ccc(F)cc4)n3n2)cc1. The molecule has 0 amide bonds. The van der Waals surface area contributed by atoms with Crippen LogP contribution in [0.1, 0.15) is 19.8 Å². The third kappa shape index (κ3) is 5.67. The molecule has 4 aromatic rings. The van der Waals surface area contributed by atoms with Gasteiger partial charge in [-0.15, -0.1) is 15.3 Å². The van der Waals surface area contributed by atoms with E-state index in [1.165, 1.54) is 28.8 Å². The summed E-state index contributed by atoms with van der Waals surface area (Å²) in [5.74, 6) is 0.978. The second-order valence-corrected chi connectivity index (χ2v) is 9.16. The molecule has 4 rings (SSSR count). The molecule has 0 bridgehead atoms. The van der Waals surface area contributed by atoms with Crippen LogP contribution in [0.2, 0.25) is 0 Å². The van der Waals surface area contributed by atoms with Gasteiger partial charge in [0.25, 0.3) is 0 Å². The normalized spacial score (nSPS) is 11.6. The van der Waals surface area contributed by atoms with E-state index < -0.39 is 10.0 Å². The summed E-state index contributed by atoms with van der Waals surface area (Å²) in [6, 6.07) is 15.4. The number of hydrogen-bond acceptors (Lipinski definition) is 7. The summed E-state index contributed by atoms with van der Waals surface area (Å²) in [6.45, 7) is 2.77. The minimum Gasteiger partial charge on any atom is -0.494 e. The van der Waals surface area contributed by atoms with Crippen molar-refractivity contribution in [1.82, 2.24) is 24.5 Å². The Kier molecular flexibility index (Phi) is 7.33. The van der Waals surface area contributed by atoms with Gasteiger partial charge in [0.1, 0.15) is 18.2 Å². The fourth-order valence-electron chi connectivity index (χ4n) is 3.09. The second kappa shape index (κ2) is 10.6. The molecule has 0 atom stereocenters. The Morgan fingerprint density at radius 2 is 1.71 bits per heavy atom. The third-order valence-electron chi connectivity index (χ3n) is 4.89. The Hall–Kier alpha value is -3.57. The van der Waals surface area contributed by atoms with E-state index in [0.717, 1.165) is 12.8 Å². The fourth-order valence-corrected chi connectivity index (χ4v) is 4.11. The first-order valence-electron chi connectivity index (χ1n) is 10.8. The topological polar surface area (TPSA) is 108 Å². The zero-order valence-corrected chi connectivity index (χ0v) is 19.3. The zero-order chi connectivity index (χ0) is 24.0. The Balaban J connectivity index is 1.34. The van der Waals surface area contributed by atoms with E-state index in [2.05, 4.69) is 26.9 Å². The molecule has 0 unspecified atom stereocenters. The van der Waals surface area contributed by atoms with E-state index in [9.17, 15) is 12.8 Å². The van der Waals surface area contributed by atoms with Crippen LogP contribution >= 0.6 is 0 Å². The van der Waals surface area contributed by atoms with E-state index in [1.807, 2.05) is 0 Å². The van der Waals surface area contributed by atoms with Crippen molar-refractivity contribution < 1.29 is 22.3 Å². The molecule has 1 N–H and O–H groups in total. The van der Waals surface area contributed by atoms with Gasteiger partial charge in [-0.2, -0.15) is 4.52 Å². The lowest BCUT2D eigenvalue weighted by atomic mass is 10.2. The lowest BCUT2D eigenvalue weighted by Crippen LogP contribution is -2.28. The highest BCUT2D eigenvalue weighted by Gasteiger charge is 2.14. The number of nitrogens with zero attached hydrogens (tertiary/aromatic N) is 4. The zero-order valence-electron chi connectivity index (χ0n) is 18.5. The van der Waals surface area contributed by atoms with Crippen molar-refractivity contribution >= 4 is 15.7 Å². The quantitative estimate of drug-likeness (QED) is 0.324. The molecular weight excluding hydrogens is 461 g/mol. The van der Waals surface area contributed by atoms with Gasteiger partial charge in [0.05, 0.1) is 11.5 Å². The largest absolute Gasteiger partial charge is 0.494 e. The molecule has 0 spiro atoms. The molecule has 0 saturated heterocycles. The number of halogens is 1. The van der Waals surface area contributed by atoms with Crippen molar-refractivity contribution in [3.8, 4) is 23.0 Å². The van der Waals surface area contributed by atoms with Crippen molar-refractivity contribution in [1.29, 1.82) is 0 Å². The van der Waals surface area contributed by atoms with E-state index >= 15 is 0 Å². The molecule has 2 aromatic heterocycles. The predicted molar refractivity (Wildman–Crippen MR) is 124 cm³/mol. The molecule has 2 heterocycles. The Morgan fingerprint density at radius 1 is 0.941 bits per heavy atom. The van der Waals surface area contributed by atoms with Crippen molar-refractivity contribution in [2.24, 2.45) is 0 Å². The Bertz CT molecular complexity index is 1340. The molecular formula is C23H24FN5O4S. The number of nitrogens with one attached hydrogen (secondary N) is 1. The molecule has 34 heavy (non-hydrogen) atoms. The smallest absolute Gasteiger partial charge is 0.240 e. The van der Waals surface area contributed by atoms with Crippen LogP contribution in [0.15, 0.2) is 65.6 Å². The summed E-state index contributed by atoms with van der Waals surface area (Å²) >= 11 is 0. The van der Waals surface area contributed by atoms with Crippen molar-refractivity contribution in [3.05, 3.63) is 66.5 Å². The van der Waals surface area contributed by atoms with E-state index in [0.29, 0.717) is 29.4 Å². The van der Waals surface area contributed by atoms with Crippen molar-refractivity contribution in [3.63, 3.8) is 0 Å². The summed E-state index contributed by atoms with van der Waals surface area (Å²) in [6.07, 6.45) is 1.96. The maximum absolute atomic E-state index is 13.2. The van der Waals surface area contributed by atoms with Gasteiger partial charge in [0, 0.05) is 18.2 Å². The Labute approximate surface area is 196 Å². The molecule has 178 valence electrons. The molecule has 11 heteroatoms.